The maximum atomic E-state index is 13.5. The zero-order chi connectivity index (χ0) is 14.0. The van der Waals surface area contributed by atoms with Crippen LogP contribution < -0.4 is 5.32 Å². The lowest BCUT2D eigenvalue weighted by Gasteiger charge is -2.13. The zero-order valence-electron chi connectivity index (χ0n) is 10.5. The van der Waals surface area contributed by atoms with E-state index in [0.29, 0.717) is 5.76 Å². The van der Waals surface area contributed by atoms with Crippen molar-refractivity contribution in [2.45, 2.75) is 19.9 Å². The van der Waals surface area contributed by atoms with Crippen LogP contribution in [-0.2, 0) is 0 Å². The lowest BCUT2D eigenvalue weighted by Crippen LogP contribution is -2.08. The Labute approximate surface area is 109 Å². The van der Waals surface area contributed by atoms with Crippen LogP contribution in [0.4, 0.5) is 15.8 Å². The van der Waals surface area contributed by atoms with Crippen molar-refractivity contribution in [3.63, 3.8) is 0 Å². The first-order valence-corrected chi connectivity index (χ1v) is 5.75. The minimum atomic E-state index is -0.863. The summed E-state index contributed by atoms with van der Waals surface area (Å²) in [5, 5.41) is 13.8. The standard InChI is InChI=1S/C13H13FN2O3/c1-8-6-7-12(19-8)9(2)15-11-5-3-4-10(14)13(11)16(17)18/h3-7,9,15H,1-2H3. The van der Waals surface area contributed by atoms with Gasteiger partial charge in [0.1, 0.15) is 17.2 Å². The van der Waals surface area contributed by atoms with E-state index in [1.54, 1.807) is 26.0 Å². The highest BCUT2D eigenvalue weighted by Crippen LogP contribution is 2.30. The predicted molar refractivity (Wildman–Crippen MR) is 68.5 cm³/mol. The van der Waals surface area contributed by atoms with E-state index in [1.807, 2.05) is 0 Å². The molecule has 100 valence electrons. The van der Waals surface area contributed by atoms with E-state index in [0.717, 1.165) is 11.8 Å². The van der Waals surface area contributed by atoms with Crippen molar-refractivity contribution in [3.05, 3.63) is 57.8 Å². The fraction of sp³-hybridized carbons (Fsp3) is 0.231. The number of furan rings is 1. The summed E-state index contributed by atoms with van der Waals surface area (Å²) in [6.07, 6.45) is 0. The van der Waals surface area contributed by atoms with Crippen molar-refractivity contribution < 1.29 is 13.7 Å². The number of hydrogen-bond acceptors (Lipinski definition) is 4. The van der Waals surface area contributed by atoms with Crippen LogP contribution in [0.2, 0.25) is 0 Å². The minimum absolute atomic E-state index is 0.131. The van der Waals surface area contributed by atoms with E-state index < -0.39 is 16.4 Å². The molecule has 1 atom stereocenters. The largest absolute Gasteiger partial charge is 0.464 e. The smallest absolute Gasteiger partial charge is 0.327 e. The van der Waals surface area contributed by atoms with E-state index in [4.69, 9.17) is 4.42 Å². The Morgan fingerprint density at radius 3 is 2.68 bits per heavy atom. The highest BCUT2D eigenvalue weighted by atomic mass is 19.1. The van der Waals surface area contributed by atoms with Crippen LogP contribution >= 0.6 is 0 Å². The number of anilines is 1. The number of aryl methyl sites for hydroxylation is 1. The van der Waals surface area contributed by atoms with Gasteiger partial charge in [0.25, 0.3) is 0 Å². The quantitative estimate of drug-likeness (QED) is 0.673. The number of benzene rings is 1. The van der Waals surface area contributed by atoms with Gasteiger partial charge < -0.3 is 9.73 Å². The maximum absolute atomic E-state index is 13.5. The third-order valence-corrected chi connectivity index (χ3v) is 2.73. The topological polar surface area (TPSA) is 68.3 Å². The molecule has 0 amide bonds. The third-order valence-electron chi connectivity index (χ3n) is 2.73. The summed E-state index contributed by atoms with van der Waals surface area (Å²) < 4.78 is 18.9. The van der Waals surface area contributed by atoms with E-state index in [2.05, 4.69) is 5.32 Å². The van der Waals surface area contributed by atoms with Gasteiger partial charge in [-0.1, -0.05) is 6.07 Å². The number of rotatable bonds is 4. The van der Waals surface area contributed by atoms with Crippen LogP contribution in [0.1, 0.15) is 24.5 Å². The minimum Gasteiger partial charge on any atom is -0.464 e. The summed E-state index contributed by atoms with van der Waals surface area (Å²) in [5.74, 6) is 0.520. The molecule has 2 rings (SSSR count). The molecule has 5 nitrogen and oxygen atoms in total. The second-order valence-corrected chi connectivity index (χ2v) is 4.21. The van der Waals surface area contributed by atoms with Crippen LogP contribution in [-0.4, -0.2) is 4.92 Å². The van der Waals surface area contributed by atoms with Gasteiger partial charge in [0.05, 0.1) is 11.0 Å². The van der Waals surface area contributed by atoms with Crippen molar-refractivity contribution in [2.75, 3.05) is 5.32 Å². The first kappa shape index (κ1) is 13.1. The summed E-state index contributed by atoms with van der Waals surface area (Å²) in [6, 6.07) is 7.23. The predicted octanol–water partition coefficient (Wildman–Crippen LogP) is 3.81. The van der Waals surface area contributed by atoms with Gasteiger partial charge in [-0.15, -0.1) is 0 Å². The van der Waals surface area contributed by atoms with Crippen LogP contribution in [0.25, 0.3) is 0 Å². The van der Waals surface area contributed by atoms with Crippen LogP contribution in [0.5, 0.6) is 0 Å². The van der Waals surface area contributed by atoms with Crippen molar-refractivity contribution in [1.29, 1.82) is 0 Å². The molecule has 2 aromatic rings. The number of para-hydroxylation sites is 1. The molecule has 0 spiro atoms. The van der Waals surface area contributed by atoms with Gasteiger partial charge in [-0.05, 0) is 38.1 Å². The van der Waals surface area contributed by atoms with E-state index in [9.17, 15) is 14.5 Å². The Balaban J connectivity index is 2.28. The maximum Gasteiger partial charge on any atom is 0.327 e. The molecular formula is C13H13FN2O3. The van der Waals surface area contributed by atoms with E-state index in [-0.39, 0.29) is 11.7 Å². The van der Waals surface area contributed by atoms with Crippen LogP contribution in [0.3, 0.4) is 0 Å². The summed E-state index contributed by atoms with van der Waals surface area (Å²) in [6.45, 7) is 3.59. The fourth-order valence-corrected chi connectivity index (χ4v) is 1.81. The number of nitrogens with one attached hydrogen (secondary N) is 1. The molecule has 19 heavy (non-hydrogen) atoms. The van der Waals surface area contributed by atoms with Gasteiger partial charge in [0.2, 0.25) is 5.82 Å². The normalized spacial score (nSPS) is 12.2. The summed E-state index contributed by atoms with van der Waals surface area (Å²) >= 11 is 0. The number of halogens is 1. The molecule has 0 aliphatic heterocycles. The molecule has 0 bridgehead atoms. The van der Waals surface area contributed by atoms with Crippen molar-refractivity contribution >= 4 is 11.4 Å². The SMILES string of the molecule is Cc1ccc(C(C)Nc2cccc(F)c2[N+](=O)[O-])o1. The first-order chi connectivity index (χ1) is 8.99. The molecule has 0 saturated carbocycles. The molecule has 0 aliphatic rings. The molecule has 1 unspecified atom stereocenters. The third kappa shape index (κ3) is 2.73. The summed E-state index contributed by atoms with van der Waals surface area (Å²) in [4.78, 5) is 10.1. The number of nitro groups is 1. The lowest BCUT2D eigenvalue weighted by molar-refractivity contribution is -0.386. The highest BCUT2D eigenvalue weighted by molar-refractivity contribution is 5.62. The van der Waals surface area contributed by atoms with E-state index >= 15 is 0 Å². The Bertz CT molecular complexity index is 610. The molecule has 0 radical (unpaired) electrons. The Kier molecular flexibility index (Phi) is 3.50. The van der Waals surface area contributed by atoms with Crippen molar-refractivity contribution in [3.8, 4) is 0 Å². The molecule has 6 heteroatoms. The molecule has 1 aromatic carbocycles. The zero-order valence-corrected chi connectivity index (χ0v) is 10.5. The van der Waals surface area contributed by atoms with Gasteiger partial charge in [-0.2, -0.15) is 4.39 Å². The van der Waals surface area contributed by atoms with Gasteiger partial charge in [-0.25, -0.2) is 0 Å². The number of nitro benzene ring substituents is 1. The van der Waals surface area contributed by atoms with Crippen molar-refractivity contribution in [2.24, 2.45) is 0 Å². The fourth-order valence-electron chi connectivity index (χ4n) is 1.81. The molecule has 0 aliphatic carbocycles. The van der Waals surface area contributed by atoms with Gasteiger partial charge in [0.15, 0.2) is 0 Å². The average molecular weight is 264 g/mol. The summed E-state index contributed by atoms with van der Waals surface area (Å²) in [7, 11) is 0. The second-order valence-electron chi connectivity index (χ2n) is 4.21. The van der Waals surface area contributed by atoms with E-state index in [1.165, 1.54) is 12.1 Å². The first-order valence-electron chi connectivity index (χ1n) is 5.75. The Morgan fingerprint density at radius 1 is 1.37 bits per heavy atom. The monoisotopic (exact) mass is 264 g/mol. The Morgan fingerprint density at radius 2 is 2.11 bits per heavy atom. The average Bonchev–Trinajstić information content (AvgIpc) is 2.75. The van der Waals surface area contributed by atoms with Crippen molar-refractivity contribution in [1.82, 2.24) is 0 Å². The van der Waals surface area contributed by atoms with Crippen LogP contribution in [0.15, 0.2) is 34.7 Å². The van der Waals surface area contributed by atoms with Crippen LogP contribution in [0, 0.1) is 22.9 Å². The molecule has 1 N–H and O–H groups in total. The Hall–Kier alpha value is -2.37. The number of nitrogens with zero attached hydrogens (tertiary/aromatic N) is 1. The lowest BCUT2D eigenvalue weighted by atomic mass is 10.2. The highest BCUT2D eigenvalue weighted by Gasteiger charge is 2.21. The van der Waals surface area contributed by atoms with Gasteiger partial charge in [0, 0.05) is 0 Å². The molecule has 1 heterocycles. The molecular weight excluding hydrogens is 251 g/mol. The van der Waals surface area contributed by atoms with Gasteiger partial charge >= 0.3 is 5.69 Å². The second kappa shape index (κ2) is 5.09. The summed E-state index contributed by atoms with van der Waals surface area (Å²) in [5.41, 5.74) is -0.427. The molecule has 0 fully saturated rings. The number of hydrogen-bond donors (Lipinski definition) is 1. The molecule has 0 saturated heterocycles. The van der Waals surface area contributed by atoms with Gasteiger partial charge in [-0.3, -0.25) is 10.1 Å². The molecule has 1 aromatic heterocycles.